The average Bonchev–Trinajstić information content (AvgIpc) is 3.29. The highest BCUT2D eigenvalue weighted by atomic mass is 16.5. The largest absolute Gasteiger partial charge is 0.493 e. The third-order valence-electron chi connectivity index (χ3n) is 5.83. The maximum absolute atomic E-state index is 12.3. The first-order chi connectivity index (χ1) is 13.1. The van der Waals surface area contributed by atoms with Crippen molar-refractivity contribution in [2.75, 3.05) is 13.7 Å². The fourth-order valence-corrected chi connectivity index (χ4v) is 4.37. The van der Waals surface area contributed by atoms with Crippen molar-refractivity contribution in [1.82, 2.24) is 10.9 Å². The van der Waals surface area contributed by atoms with Gasteiger partial charge in [-0.1, -0.05) is 19.8 Å². The number of amides is 2. The standard InChI is InChI=1S/C21H30N2O4/c1-3-4-9-27-18-8-7-16(12-19(18)26-2)21(25)23-22-20(24)13-17-11-14-5-6-15(17)10-14/h7-8,12,14-15,17H,3-6,9-11,13H2,1-2H3,(H,22,24)(H,23,25)/t14-,15+,17-/m0/s1. The van der Waals surface area contributed by atoms with Gasteiger partial charge in [0.2, 0.25) is 5.91 Å². The lowest BCUT2D eigenvalue weighted by molar-refractivity contribution is -0.123. The summed E-state index contributed by atoms with van der Waals surface area (Å²) in [5.41, 5.74) is 5.47. The zero-order chi connectivity index (χ0) is 19.2. The van der Waals surface area contributed by atoms with Gasteiger partial charge in [-0.2, -0.15) is 0 Å². The van der Waals surface area contributed by atoms with Crippen LogP contribution in [0.3, 0.4) is 0 Å². The van der Waals surface area contributed by atoms with E-state index in [1.54, 1.807) is 25.3 Å². The smallest absolute Gasteiger partial charge is 0.269 e. The number of fused-ring (bicyclic) bond motifs is 2. The molecule has 2 fully saturated rings. The van der Waals surface area contributed by atoms with E-state index in [2.05, 4.69) is 17.8 Å². The Labute approximate surface area is 161 Å². The van der Waals surface area contributed by atoms with Crippen LogP contribution in [-0.4, -0.2) is 25.5 Å². The van der Waals surface area contributed by atoms with Crippen LogP contribution in [0.1, 0.15) is 62.2 Å². The molecular weight excluding hydrogens is 344 g/mol. The highest BCUT2D eigenvalue weighted by Crippen LogP contribution is 2.49. The van der Waals surface area contributed by atoms with Crippen LogP contribution >= 0.6 is 0 Å². The van der Waals surface area contributed by atoms with Gasteiger partial charge in [0.15, 0.2) is 11.5 Å². The highest BCUT2D eigenvalue weighted by molar-refractivity contribution is 5.96. The molecule has 0 spiro atoms. The molecule has 2 saturated carbocycles. The molecule has 0 radical (unpaired) electrons. The number of unbranched alkanes of at least 4 members (excludes halogenated alkanes) is 1. The number of carbonyl (C=O) groups excluding carboxylic acids is 2. The Morgan fingerprint density at radius 1 is 1.15 bits per heavy atom. The van der Waals surface area contributed by atoms with Crippen LogP contribution in [0.15, 0.2) is 18.2 Å². The molecule has 27 heavy (non-hydrogen) atoms. The van der Waals surface area contributed by atoms with Crippen molar-refractivity contribution in [3.63, 3.8) is 0 Å². The maximum Gasteiger partial charge on any atom is 0.269 e. The van der Waals surface area contributed by atoms with E-state index in [0.29, 0.717) is 41.9 Å². The van der Waals surface area contributed by atoms with E-state index in [0.717, 1.165) is 25.2 Å². The molecule has 0 unspecified atom stereocenters. The SMILES string of the molecule is CCCCOc1ccc(C(=O)NNC(=O)C[C@@H]2C[C@H]3CC[C@@H]2C3)cc1OC. The van der Waals surface area contributed by atoms with Crippen LogP contribution < -0.4 is 20.3 Å². The Morgan fingerprint density at radius 3 is 2.67 bits per heavy atom. The topological polar surface area (TPSA) is 76.7 Å². The summed E-state index contributed by atoms with van der Waals surface area (Å²) in [6, 6.07) is 5.01. The minimum absolute atomic E-state index is 0.118. The third kappa shape index (κ3) is 4.93. The molecule has 6 nitrogen and oxygen atoms in total. The van der Waals surface area contributed by atoms with Gasteiger partial charge >= 0.3 is 0 Å². The Balaban J connectivity index is 1.49. The molecule has 0 saturated heterocycles. The number of benzene rings is 1. The van der Waals surface area contributed by atoms with E-state index in [-0.39, 0.29) is 11.8 Å². The van der Waals surface area contributed by atoms with Crippen LogP contribution in [-0.2, 0) is 4.79 Å². The lowest BCUT2D eigenvalue weighted by Gasteiger charge is -2.21. The van der Waals surface area contributed by atoms with Crippen LogP contribution in [0.2, 0.25) is 0 Å². The highest BCUT2D eigenvalue weighted by Gasteiger charge is 2.40. The first-order valence-corrected chi connectivity index (χ1v) is 10.0. The molecular formula is C21H30N2O4. The fraction of sp³-hybridized carbons (Fsp3) is 0.619. The molecule has 6 heteroatoms. The minimum Gasteiger partial charge on any atom is -0.493 e. The second kappa shape index (κ2) is 9.11. The van der Waals surface area contributed by atoms with Gasteiger partial charge in [0.05, 0.1) is 13.7 Å². The van der Waals surface area contributed by atoms with Crippen molar-refractivity contribution in [3.8, 4) is 11.5 Å². The number of hydrogen-bond acceptors (Lipinski definition) is 4. The first-order valence-electron chi connectivity index (χ1n) is 10.0. The van der Waals surface area contributed by atoms with Crippen molar-refractivity contribution >= 4 is 11.8 Å². The number of rotatable bonds is 8. The Kier molecular flexibility index (Phi) is 6.58. The summed E-state index contributed by atoms with van der Waals surface area (Å²) >= 11 is 0. The molecule has 2 bridgehead atoms. The zero-order valence-corrected chi connectivity index (χ0v) is 16.3. The van der Waals surface area contributed by atoms with E-state index < -0.39 is 0 Å². The number of methoxy groups -OCH3 is 1. The summed E-state index contributed by atoms with van der Waals surface area (Å²) in [7, 11) is 1.54. The molecule has 1 aromatic rings. The monoisotopic (exact) mass is 374 g/mol. The number of nitrogens with one attached hydrogen (secondary N) is 2. The molecule has 2 aliphatic carbocycles. The molecule has 2 aliphatic rings. The van der Waals surface area contributed by atoms with Gasteiger partial charge in [-0.3, -0.25) is 20.4 Å². The molecule has 2 amide bonds. The summed E-state index contributed by atoms with van der Waals surface area (Å²) in [5, 5.41) is 0. The van der Waals surface area contributed by atoms with Gasteiger partial charge < -0.3 is 9.47 Å². The molecule has 3 rings (SSSR count). The molecule has 1 aromatic carbocycles. The van der Waals surface area contributed by atoms with E-state index >= 15 is 0 Å². The molecule has 0 heterocycles. The summed E-state index contributed by atoms with van der Waals surface area (Å²) in [6.45, 7) is 2.71. The van der Waals surface area contributed by atoms with Crippen molar-refractivity contribution < 1.29 is 19.1 Å². The predicted octanol–water partition coefficient (Wildman–Crippen LogP) is 3.46. The Hall–Kier alpha value is -2.24. The summed E-state index contributed by atoms with van der Waals surface area (Å²) in [6.07, 6.45) is 7.50. The third-order valence-corrected chi connectivity index (χ3v) is 5.83. The molecule has 0 aliphatic heterocycles. The number of hydrogen-bond donors (Lipinski definition) is 2. The lowest BCUT2D eigenvalue weighted by atomic mass is 9.86. The minimum atomic E-state index is -0.366. The van der Waals surface area contributed by atoms with Crippen LogP contribution in [0.4, 0.5) is 0 Å². The van der Waals surface area contributed by atoms with Gasteiger partial charge in [-0.25, -0.2) is 0 Å². The lowest BCUT2D eigenvalue weighted by Crippen LogP contribution is -2.42. The quantitative estimate of drug-likeness (QED) is 0.540. The van der Waals surface area contributed by atoms with Gasteiger partial charge in [0, 0.05) is 12.0 Å². The van der Waals surface area contributed by atoms with Gasteiger partial charge in [0.1, 0.15) is 0 Å². The number of hydrazine groups is 1. The van der Waals surface area contributed by atoms with Gasteiger partial charge in [-0.15, -0.1) is 0 Å². The van der Waals surface area contributed by atoms with Crippen molar-refractivity contribution in [3.05, 3.63) is 23.8 Å². The predicted molar refractivity (Wildman–Crippen MR) is 103 cm³/mol. The van der Waals surface area contributed by atoms with Gasteiger partial charge in [-0.05, 0) is 61.6 Å². The van der Waals surface area contributed by atoms with E-state index in [1.165, 1.54) is 19.3 Å². The summed E-state index contributed by atoms with van der Waals surface area (Å²) in [5.74, 6) is 2.62. The maximum atomic E-state index is 12.3. The van der Waals surface area contributed by atoms with Crippen molar-refractivity contribution in [2.24, 2.45) is 17.8 Å². The summed E-state index contributed by atoms with van der Waals surface area (Å²) in [4.78, 5) is 24.5. The first kappa shape index (κ1) is 19.5. The van der Waals surface area contributed by atoms with E-state index in [1.807, 2.05) is 0 Å². The molecule has 148 valence electrons. The van der Waals surface area contributed by atoms with E-state index in [9.17, 15) is 9.59 Å². The van der Waals surface area contributed by atoms with Crippen molar-refractivity contribution in [1.29, 1.82) is 0 Å². The van der Waals surface area contributed by atoms with Gasteiger partial charge in [0.25, 0.3) is 5.91 Å². The Morgan fingerprint density at radius 2 is 2.00 bits per heavy atom. The Bertz CT molecular complexity index is 676. The zero-order valence-electron chi connectivity index (χ0n) is 16.3. The molecule has 2 N–H and O–H groups in total. The number of ether oxygens (including phenoxy) is 2. The van der Waals surface area contributed by atoms with Crippen LogP contribution in [0.25, 0.3) is 0 Å². The van der Waals surface area contributed by atoms with E-state index in [4.69, 9.17) is 9.47 Å². The second-order valence-corrected chi connectivity index (χ2v) is 7.71. The molecule has 3 atom stereocenters. The van der Waals surface area contributed by atoms with Crippen molar-refractivity contribution in [2.45, 2.75) is 51.9 Å². The summed E-state index contributed by atoms with van der Waals surface area (Å²) < 4.78 is 11.0. The van der Waals surface area contributed by atoms with Crippen LogP contribution in [0, 0.1) is 17.8 Å². The molecule has 0 aromatic heterocycles. The number of carbonyl (C=O) groups is 2. The fourth-order valence-electron chi connectivity index (χ4n) is 4.37. The second-order valence-electron chi connectivity index (χ2n) is 7.71. The normalized spacial score (nSPS) is 23.1. The van der Waals surface area contributed by atoms with Crippen LogP contribution in [0.5, 0.6) is 11.5 Å². The average molecular weight is 374 g/mol.